The summed E-state index contributed by atoms with van der Waals surface area (Å²) in [5, 5.41) is 1.78. The van der Waals surface area contributed by atoms with Crippen molar-refractivity contribution in [1.29, 1.82) is 0 Å². The number of nitrogens with zero attached hydrogens (tertiary/aromatic N) is 2. The Kier molecular flexibility index (Phi) is 4.56. The van der Waals surface area contributed by atoms with E-state index in [1.807, 2.05) is 0 Å². The number of rotatable bonds is 5. The Balaban J connectivity index is 1.83. The number of hydrogen-bond acceptors (Lipinski definition) is 6. The minimum absolute atomic E-state index is 0.221. The zero-order chi connectivity index (χ0) is 18.2. The van der Waals surface area contributed by atoms with E-state index < -0.39 is 20.5 Å². The maximum atomic E-state index is 12.5. The topological polar surface area (TPSA) is 83.1 Å². The van der Waals surface area contributed by atoms with Crippen molar-refractivity contribution in [2.24, 2.45) is 0 Å². The van der Waals surface area contributed by atoms with Gasteiger partial charge in [0, 0.05) is 12.7 Å². The number of anilines is 1. The van der Waals surface area contributed by atoms with E-state index in [1.54, 1.807) is 23.4 Å². The van der Waals surface area contributed by atoms with Gasteiger partial charge in [-0.1, -0.05) is 0 Å². The number of halogens is 2. The monoisotopic (exact) mass is 385 g/mol. The van der Waals surface area contributed by atoms with Crippen molar-refractivity contribution in [2.45, 2.75) is 17.2 Å². The number of fused-ring (bicyclic) bond motifs is 1. The lowest BCUT2D eigenvalue weighted by Gasteiger charge is -2.19. The summed E-state index contributed by atoms with van der Waals surface area (Å²) in [6, 6.07) is 6.87. The molecule has 2 heterocycles. The van der Waals surface area contributed by atoms with E-state index in [0.717, 1.165) is 12.1 Å². The highest BCUT2D eigenvalue weighted by atomic mass is 32.2. The average Bonchev–Trinajstić information content (AvgIpc) is 3.04. The normalized spacial score (nSPS) is 12.0. The molecule has 2 aromatic heterocycles. The Morgan fingerprint density at radius 1 is 1.24 bits per heavy atom. The summed E-state index contributed by atoms with van der Waals surface area (Å²) in [6.45, 7) is 0.266. The largest absolute Gasteiger partial charge is 0.367 e. The third kappa shape index (κ3) is 3.40. The van der Waals surface area contributed by atoms with Crippen LogP contribution in [0.1, 0.15) is 5.82 Å². The quantitative estimate of drug-likeness (QED) is 0.730. The van der Waals surface area contributed by atoms with Crippen LogP contribution in [0.4, 0.5) is 14.5 Å². The second kappa shape index (κ2) is 6.52. The fourth-order valence-electron chi connectivity index (χ4n) is 2.31. The number of benzene rings is 1. The highest BCUT2D eigenvalue weighted by Crippen LogP contribution is 2.22. The van der Waals surface area contributed by atoms with Crippen molar-refractivity contribution in [3.8, 4) is 0 Å². The molecule has 3 rings (SSSR count). The van der Waals surface area contributed by atoms with Crippen LogP contribution in [0, 0.1) is 0 Å². The Morgan fingerprint density at radius 3 is 2.56 bits per heavy atom. The molecule has 6 nitrogen and oxygen atoms in total. The molecule has 0 atom stereocenters. The van der Waals surface area contributed by atoms with Crippen LogP contribution in [0.15, 0.2) is 45.4 Å². The van der Waals surface area contributed by atoms with Gasteiger partial charge in [-0.2, -0.15) is 8.78 Å². The predicted molar refractivity (Wildman–Crippen MR) is 92.0 cm³/mol. The molecule has 3 aromatic rings. The Bertz CT molecular complexity index is 1060. The van der Waals surface area contributed by atoms with E-state index >= 15 is 0 Å². The van der Waals surface area contributed by atoms with Gasteiger partial charge in [-0.3, -0.25) is 4.79 Å². The molecular weight excluding hydrogens is 372 g/mol. The van der Waals surface area contributed by atoms with E-state index in [1.165, 1.54) is 23.5 Å². The van der Waals surface area contributed by atoms with Crippen molar-refractivity contribution in [3.05, 3.63) is 51.9 Å². The third-order valence-corrected chi connectivity index (χ3v) is 5.89. The maximum absolute atomic E-state index is 12.5. The lowest BCUT2D eigenvalue weighted by Crippen LogP contribution is -2.21. The molecule has 0 saturated carbocycles. The van der Waals surface area contributed by atoms with Crippen molar-refractivity contribution in [2.75, 3.05) is 11.9 Å². The summed E-state index contributed by atoms with van der Waals surface area (Å²) >= 11 is 1.31. The van der Waals surface area contributed by atoms with Crippen LogP contribution in [0.25, 0.3) is 10.2 Å². The van der Waals surface area contributed by atoms with Gasteiger partial charge in [0.1, 0.15) is 10.5 Å². The van der Waals surface area contributed by atoms with E-state index in [-0.39, 0.29) is 12.1 Å². The van der Waals surface area contributed by atoms with Crippen LogP contribution in [-0.2, 0) is 16.4 Å². The third-order valence-electron chi connectivity index (χ3n) is 3.59. The Labute approximate surface area is 145 Å². The van der Waals surface area contributed by atoms with Gasteiger partial charge in [0.25, 0.3) is 5.56 Å². The van der Waals surface area contributed by atoms with Crippen LogP contribution in [0.5, 0.6) is 0 Å². The predicted octanol–water partition coefficient (Wildman–Crippen LogP) is 2.62. The molecule has 1 N–H and O–H groups in total. The Hall–Kier alpha value is -2.33. The summed E-state index contributed by atoms with van der Waals surface area (Å²) in [6.07, 6.45) is 0. The first-order chi connectivity index (χ1) is 11.8. The van der Waals surface area contributed by atoms with Gasteiger partial charge < -0.3 is 9.88 Å². The number of aromatic amines is 1. The molecule has 0 fully saturated rings. The Morgan fingerprint density at radius 2 is 1.92 bits per heavy atom. The minimum Gasteiger partial charge on any atom is -0.367 e. The minimum atomic E-state index is -4.61. The van der Waals surface area contributed by atoms with E-state index in [9.17, 15) is 22.0 Å². The molecule has 0 amide bonds. The van der Waals surface area contributed by atoms with Crippen LogP contribution in [-0.4, -0.2) is 31.2 Å². The lowest BCUT2D eigenvalue weighted by atomic mass is 10.3. The van der Waals surface area contributed by atoms with E-state index in [0.29, 0.717) is 21.7 Å². The van der Waals surface area contributed by atoms with Crippen LogP contribution in [0.3, 0.4) is 0 Å². The van der Waals surface area contributed by atoms with Crippen LogP contribution in [0.2, 0.25) is 0 Å². The van der Waals surface area contributed by atoms with Crippen molar-refractivity contribution in [1.82, 2.24) is 9.97 Å². The number of alkyl halides is 2. The van der Waals surface area contributed by atoms with Crippen LogP contribution >= 0.6 is 11.3 Å². The summed E-state index contributed by atoms with van der Waals surface area (Å²) in [5.41, 5.74) is 0.985. The van der Waals surface area contributed by atoms with Gasteiger partial charge >= 0.3 is 5.76 Å². The first kappa shape index (κ1) is 17.5. The van der Waals surface area contributed by atoms with Crippen molar-refractivity contribution in [3.63, 3.8) is 0 Å². The number of H-pyrrole nitrogens is 1. The van der Waals surface area contributed by atoms with Gasteiger partial charge in [-0.15, -0.1) is 11.3 Å². The van der Waals surface area contributed by atoms with Gasteiger partial charge in [0.2, 0.25) is 9.84 Å². The number of thiophene rings is 1. The molecule has 0 bridgehead atoms. The van der Waals surface area contributed by atoms with Gasteiger partial charge in [-0.25, -0.2) is 13.4 Å². The van der Waals surface area contributed by atoms with Gasteiger partial charge in [0.05, 0.1) is 17.0 Å². The zero-order valence-corrected chi connectivity index (χ0v) is 14.6. The molecule has 0 saturated heterocycles. The molecule has 0 aliphatic heterocycles. The van der Waals surface area contributed by atoms with Crippen LogP contribution < -0.4 is 10.5 Å². The summed E-state index contributed by atoms with van der Waals surface area (Å²) < 4.78 is 48.5. The van der Waals surface area contributed by atoms with Crippen molar-refractivity contribution < 1.29 is 17.2 Å². The molecule has 25 heavy (non-hydrogen) atoms. The number of aromatic nitrogens is 2. The molecule has 0 spiro atoms. The summed E-state index contributed by atoms with van der Waals surface area (Å²) in [7, 11) is -2.90. The van der Waals surface area contributed by atoms with E-state index in [4.69, 9.17) is 0 Å². The molecule has 10 heteroatoms. The smallest absolute Gasteiger partial charge is 0.341 e. The first-order valence-electron chi connectivity index (χ1n) is 7.08. The maximum Gasteiger partial charge on any atom is 0.341 e. The lowest BCUT2D eigenvalue weighted by molar-refractivity contribution is 0.234. The molecule has 132 valence electrons. The van der Waals surface area contributed by atoms with Gasteiger partial charge in [-0.05, 0) is 35.7 Å². The van der Waals surface area contributed by atoms with Crippen molar-refractivity contribution >= 4 is 37.1 Å². The standard InChI is InChI=1S/C15H13F2N3O3S2/c1-20(8-12-18-11-6-7-24-13(11)14(21)19-12)9-2-4-10(5-3-9)25(22,23)15(16)17/h2-7,15H,8H2,1H3,(H,18,19,21). The number of nitrogens with one attached hydrogen (secondary N) is 1. The summed E-state index contributed by atoms with van der Waals surface area (Å²) in [5.74, 6) is -3.01. The molecule has 0 aliphatic rings. The highest BCUT2D eigenvalue weighted by molar-refractivity contribution is 7.91. The van der Waals surface area contributed by atoms with Gasteiger partial charge in [0.15, 0.2) is 0 Å². The molecular formula is C15H13F2N3O3S2. The fraction of sp³-hybridized carbons (Fsp3) is 0.200. The molecule has 0 aliphatic carbocycles. The number of sulfone groups is 1. The number of hydrogen-bond donors (Lipinski definition) is 1. The second-order valence-corrected chi connectivity index (χ2v) is 8.14. The summed E-state index contributed by atoms with van der Waals surface area (Å²) in [4.78, 5) is 20.3. The SMILES string of the molecule is CN(Cc1nc2ccsc2c(=O)[nH]1)c1ccc(S(=O)(=O)C(F)F)cc1. The first-order valence-corrected chi connectivity index (χ1v) is 9.51. The highest BCUT2D eigenvalue weighted by Gasteiger charge is 2.26. The average molecular weight is 385 g/mol. The molecule has 1 aromatic carbocycles. The zero-order valence-electron chi connectivity index (χ0n) is 12.9. The fourth-order valence-corrected chi connectivity index (χ4v) is 3.75. The second-order valence-electron chi connectivity index (χ2n) is 5.30. The molecule has 0 unspecified atom stereocenters. The molecule has 0 radical (unpaired) electrons. The van der Waals surface area contributed by atoms with E-state index in [2.05, 4.69) is 9.97 Å².